The Morgan fingerprint density at radius 3 is 3.11 bits per heavy atom. The van der Waals surface area contributed by atoms with E-state index in [0.29, 0.717) is 6.61 Å². The van der Waals surface area contributed by atoms with Gasteiger partial charge in [0.2, 0.25) is 5.82 Å². The zero-order valence-electron chi connectivity index (χ0n) is 10.5. The van der Waals surface area contributed by atoms with Crippen molar-refractivity contribution in [1.29, 1.82) is 5.26 Å². The van der Waals surface area contributed by atoms with Crippen molar-refractivity contribution in [2.24, 2.45) is 0 Å². The van der Waals surface area contributed by atoms with E-state index >= 15 is 0 Å². The van der Waals surface area contributed by atoms with E-state index in [1.165, 1.54) is 12.3 Å². The van der Waals surface area contributed by atoms with Crippen molar-refractivity contribution >= 4 is 11.5 Å². The van der Waals surface area contributed by atoms with Crippen molar-refractivity contribution in [3.8, 4) is 6.07 Å². The normalized spacial score (nSPS) is 22.5. The van der Waals surface area contributed by atoms with Gasteiger partial charge in [-0.15, -0.1) is 0 Å². The minimum absolute atomic E-state index is 0.0999. The average molecular weight is 262 g/mol. The lowest BCUT2D eigenvalue weighted by Gasteiger charge is -2.28. The molecule has 1 aromatic heterocycles. The number of aromatic nitrogens is 1. The van der Waals surface area contributed by atoms with E-state index in [4.69, 9.17) is 10.00 Å². The Labute approximate surface area is 110 Å². The number of anilines is 1. The predicted octanol–water partition coefficient (Wildman–Crippen LogP) is 1.84. The summed E-state index contributed by atoms with van der Waals surface area (Å²) in [5.74, 6) is 0.211. The standard InChI is InChI=1S/C12H14N4O3/c1-8-4-10(2-3-19-8)15-12-11(16(17)18)5-9(6-13)7-14-12/h5,7-8,10H,2-4H2,1H3,(H,14,15). The highest BCUT2D eigenvalue weighted by Crippen LogP contribution is 2.25. The van der Waals surface area contributed by atoms with E-state index < -0.39 is 4.92 Å². The highest BCUT2D eigenvalue weighted by molar-refractivity contribution is 5.58. The lowest BCUT2D eigenvalue weighted by Crippen LogP contribution is -2.33. The molecule has 1 aliphatic rings. The molecule has 1 aliphatic heterocycles. The van der Waals surface area contributed by atoms with E-state index in [9.17, 15) is 10.1 Å². The first kappa shape index (κ1) is 13.2. The summed E-state index contributed by atoms with van der Waals surface area (Å²) in [6, 6.07) is 3.18. The fourth-order valence-corrected chi connectivity index (χ4v) is 2.09. The Hall–Kier alpha value is -2.20. The van der Waals surface area contributed by atoms with Crippen LogP contribution in [0.3, 0.4) is 0 Å². The Kier molecular flexibility index (Phi) is 3.92. The molecular weight excluding hydrogens is 248 g/mol. The summed E-state index contributed by atoms with van der Waals surface area (Å²) in [6.07, 6.45) is 3.02. The summed E-state index contributed by atoms with van der Waals surface area (Å²) < 4.78 is 5.42. The fourth-order valence-electron chi connectivity index (χ4n) is 2.09. The summed E-state index contributed by atoms with van der Waals surface area (Å²) >= 11 is 0. The van der Waals surface area contributed by atoms with Crippen LogP contribution in [0.25, 0.3) is 0 Å². The fraction of sp³-hybridized carbons (Fsp3) is 0.500. The number of nitrogens with one attached hydrogen (secondary N) is 1. The van der Waals surface area contributed by atoms with Crippen LogP contribution in [0.1, 0.15) is 25.3 Å². The molecule has 0 spiro atoms. The highest BCUT2D eigenvalue weighted by Gasteiger charge is 2.23. The number of nitro groups is 1. The molecule has 7 nitrogen and oxygen atoms in total. The molecule has 2 unspecified atom stereocenters. The van der Waals surface area contributed by atoms with Crippen molar-refractivity contribution in [2.75, 3.05) is 11.9 Å². The van der Waals surface area contributed by atoms with Crippen LogP contribution in [0.4, 0.5) is 11.5 Å². The maximum atomic E-state index is 11.0. The number of ether oxygens (including phenoxy) is 1. The van der Waals surface area contributed by atoms with Gasteiger partial charge in [0.15, 0.2) is 0 Å². The van der Waals surface area contributed by atoms with E-state index in [-0.39, 0.29) is 29.2 Å². The van der Waals surface area contributed by atoms with Gasteiger partial charge in [-0.2, -0.15) is 5.26 Å². The van der Waals surface area contributed by atoms with Gasteiger partial charge >= 0.3 is 5.69 Å². The minimum atomic E-state index is -0.529. The molecule has 0 saturated carbocycles. The van der Waals surface area contributed by atoms with Crippen LogP contribution in [0, 0.1) is 21.4 Å². The maximum Gasteiger partial charge on any atom is 0.312 e. The topological polar surface area (TPSA) is 101 Å². The first-order valence-corrected chi connectivity index (χ1v) is 6.03. The Morgan fingerprint density at radius 1 is 1.68 bits per heavy atom. The molecule has 0 aliphatic carbocycles. The third-order valence-electron chi connectivity index (χ3n) is 3.02. The Bertz CT molecular complexity index is 526. The van der Waals surface area contributed by atoms with Crippen LogP contribution in [-0.2, 0) is 4.74 Å². The summed E-state index contributed by atoms with van der Waals surface area (Å²) in [5, 5.41) is 22.8. The molecule has 2 atom stereocenters. The van der Waals surface area contributed by atoms with Crippen molar-refractivity contribution in [1.82, 2.24) is 4.98 Å². The second-order valence-corrected chi connectivity index (χ2v) is 4.51. The molecule has 0 radical (unpaired) electrons. The molecule has 19 heavy (non-hydrogen) atoms. The van der Waals surface area contributed by atoms with E-state index in [1.54, 1.807) is 0 Å². The molecule has 1 N–H and O–H groups in total. The summed E-state index contributed by atoms with van der Waals surface area (Å²) in [4.78, 5) is 14.4. The van der Waals surface area contributed by atoms with Crippen molar-refractivity contribution in [3.63, 3.8) is 0 Å². The molecule has 0 amide bonds. The molecule has 2 heterocycles. The highest BCUT2D eigenvalue weighted by atomic mass is 16.6. The van der Waals surface area contributed by atoms with Crippen LogP contribution in [0.5, 0.6) is 0 Å². The van der Waals surface area contributed by atoms with Gasteiger partial charge in [0.1, 0.15) is 6.07 Å². The molecule has 100 valence electrons. The monoisotopic (exact) mass is 262 g/mol. The molecule has 7 heteroatoms. The summed E-state index contributed by atoms with van der Waals surface area (Å²) in [6.45, 7) is 2.59. The zero-order valence-corrected chi connectivity index (χ0v) is 10.5. The molecule has 2 rings (SSSR count). The molecule has 1 aromatic rings. The van der Waals surface area contributed by atoms with Crippen molar-refractivity contribution in [2.45, 2.75) is 31.9 Å². The van der Waals surface area contributed by atoms with Crippen molar-refractivity contribution in [3.05, 3.63) is 27.9 Å². The van der Waals surface area contributed by atoms with Gasteiger partial charge in [0, 0.05) is 24.9 Å². The molecule has 0 aromatic carbocycles. The van der Waals surface area contributed by atoms with Gasteiger partial charge < -0.3 is 10.1 Å². The van der Waals surface area contributed by atoms with Crippen LogP contribution in [0.2, 0.25) is 0 Å². The molecular formula is C12H14N4O3. The molecule has 1 saturated heterocycles. The van der Waals surface area contributed by atoms with Gasteiger partial charge in [-0.3, -0.25) is 10.1 Å². The quantitative estimate of drug-likeness (QED) is 0.658. The second kappa shape index (κ2) is 5.63. The van der Waals surface area contributed by atoms with Crippen LogP contribution >= 0.6 is 0 Å². The van der Waals surface area contributed by atoms with Gasteiger partial charge in [-0.25, -0.2) is 4.98 Å². The third kappa shape index (κ3) is 3.17. The van der Waals surface area contributed by atoms with Gasteiger partial charge in [0.05, 0.1) is 16.6 Å². The van der Waals surface area contributed by atoms with Crippen LogP contribution < -0.4 is 5.32 Å². The number of hydrogen-bond acceptors (Lipinski definition) is 6. The van der Waals surface area contributed by atoms with Gasteiger partial charge in [0.25, 0.3) is 0 Å². The van der Waals surface area contributed by atoms with Gasteiger partial charge in [-0.05, 0) is 19.8 Å². The minimum Gasteiger partial charge on any atom is -0.378 e. The van der Waals surface area contributed by atoms with E-state index in [2.05, 4.69) is 10.3 Å². The second-order valence-electron chi connectivity index (χ2n) is 4.51. The van der Waals surface area contributed by atoms with Crippen LogP contribution in [-0.4, -0.2) is 28.7 Å². The van der Waals surface area contributed by atoms with Crippen molar-refractivity contribution < 1.29 is 9.66 Å². The average Bonchev–Trinajstić information content (AvgIpc) is 2.39. The van der Waals surface area contributed by atoms with E-state index in [0.717, 1.165) is 12.8 Å². The van der Waals surface area contributed by atoms with E-state index in [1.807, 2.05) is 13.0 Å². The largest absolute Gasteiger partial charge is 0.378 e. The Morgan fingerprint density at radius 2 is 2.47 bits per heavy atom. The lowest BCUT2D eigenvalue weighted by molar-refractivity contribution is -0.384. The predicted molar refractivity (Wildman–Crippen MR) is 67.7 cm³/mol. The Balaban J connectivity index is 2.20. The van der Waals surface area contributed by atoms with Gasteiger partial charge in [-0.1, -0.05) is 0 Å². The SMILES string of the molecule is CC1CC(Nc2ncc(C#N)cc2[N+](=O)[O-])CCO1. The number of pyridine rings is 1. The lowest BCUT2D eigenvalue weighted by atomic mass is 10.0. The smallest absolute Gasteiger partial charge is 0.312 e. The maximum absolute atomic E-state index is 11.0. The molecule has 0 bridgehead atoms. The first-order chi connectivity index (χ1) is 9.10. The summed E-state index contributed by atoms with van der Waals surface area (Å²) in [7, 11) is 0. The number of rotatable bonds is 3. The molecule has 1 fully saturated rings. The third-order valence-corrected chi connectivity index (χ3v) is 3.02. The number of nitrogens with zero attached hydrogens (tertiary/aromatic N) is 3. The van der Waals surface area contributed by atoms with Crippen LogP contribution in [0.15, 0.2) is 12.3 Å². The number of nitriles is 1. The number of hydrogen-bond donors (Lipinski definition) is 1. The first-order valence-electron chi connectivity index (χ1n) is 6.03. The zero-order chi connectivity index (χ0) is 13.8. The summed E-state index contributed by atoms with van der Waals surface area (Å²) in [5.41, 5.74) is 0.00999.